The van der Waals surface area contributed by atoms with Gasteiger partial charge in [0, 0.05) is 13.1 Å². The van der Waals surface area contributed by atoms with Crippen molar-refractivity contribution >= 4 is 21.8 Å². The molecule has 10 heteroatoms. The molecule has 1 atom stereocenters. The first-order valence-corrected chi connectivity index (χ1v) is 11.6. The highest BCUT2D eigenvalue weighted by Crippen LogP contribution is 2.22. The zero-order chi connectivity index (χ0) is 23.1. The predicted molar refractivity (Wildman–Crippen MR) is 118 cm³/mol. The van der Waals surface area contributed by atoms with Gasteiger partial charge in [0.25, 0.3) is 0 Å². The molecule has 1 saturated heterocycles. The second-order valence-corrected chi connectivity index (χ2v) is 9.21. The van der Waals surface area contributed by atoms with Gasteiger partial charge < -0.3 is 20.1 Å². The van der Waals surface area contributed by atoms with E-state index in [4.69, 9.17) is 9.47 Å². The fraction of sp³-hybridized carbons (Fsp3) is 0.364. The van der Waals surface area contributed by atoms with Crippen molar-refractivity contribution in [1.82, 2.24) is 14.9 Å². The summed E-state index contributed by atoms with van der Waals surface area (Å²) in [6.07, 6.45) is -0.325. The van der Waals surface area contributed by atoms with Gasteiger partial charge in [-0.05, 0) is 43.2 Å². The Bertz CT molecular complexity index is 1040. The lowest BCUT2D eigenvalue weighted by Gasteiger charge is -2.22. The zero-order valence-corrected chi connectivity index (χ0v) is 18.9. The summed E-state index contributed by atoms with van der Waals surface area (Å²) in [7, 11) is -2.19. The molecule has 0 aliphatic carbocycles. The van der Waals surface area contributed by atoms with Crippen LogP contribution in [-0.4, -0.2) is 64.1 Å². The summed E-state index contributed by atoms with van der Waals surface area (Å²) in [5.74, 6) is -0.892. The molecule has 3 rings (SSSR count). The molecule has 1 heterocycles. The van der Waals surface area contributed by atoms with E-state index in [-0.39, 0.29) is 31.1 Å². The number of nitrogens with zero attached hydrogens (tertiary/aromatic N) is 1. The topological polar surface area (TPSA) is 114 Å². The first-order chi connectivity index (χ1) is 15.3. The van der Waals surface area contributed by atoms with E-state index in [1.807, 2.05) is 31.2 Å². The third-order valence-corrected chi connectivity index (χ3v) is 6.98. The predicted octanol–water partition coefficient (Wildman–Crippen LogP) is 0.826. The number of carbonyl (C=O) groups excluding carboxylic acids is 2. The Balaban J connectivity index is 1.48. The molecule has 2 aromatic rings. The lowest BCUT2D eigenvalue weighted by Crippen LogP contribution is -2.47. The van der Waals surface area contributed by atoms with E-state index in [2.05, 4.69) is 10.6 Å². The molecule has 0 unspecified atom stereocenters. The van der Waals surface area contributed by atoms with Gasteiger partial charge in [-0.25, -0.2) is 8.42 Å². The largest absolute Gasteiger partial charge is 0.497 e. The van der Waals surface area contributed by atoms with Crippen LogP contribution in [0.2, 0.25) is 0 Å². The fourth-order valence-corrected chi connectivity index (χ4v) is 4.75. The van der Waals surface area contributed by atoms with Crippen LogP contribution >= 0.6 is 0 Å². The van der Waals surface area contributed by atoms with Crippen molar-refractivity contribution in [1.29, 1.82) is 0 Å². The molecule has 0 saturated carbocycles. The molecule has 0 bridgehead atoms. The van der Waals surface area contributed by atoms with Gasteiger partial charge in [-0.15, -0.1) is 0 Å². The summed E-state index contributed by atoms with van der Waals surface area (Å²) in [6.45, 7) is 2.41. The molecule has 1 aliphatic rings. The van der Waals surface area contributed by atoms with Crippen LogP contribution in [0.15, 0.2) is 53.4 Å². The Labute approximate surface area is 187 Å². The van der Waals surface area contributed by atoms with E-state index in [0.29, 0.717) is 6.42 Å². The van der Waals surface area contributed by atoms with Gasteiger partial charge in [0.2, 0.25) is 10.0 Å². The smallest absolute Gasteiger partial charge is 0.309 e. The van der Waals surface area contributed by atoms with Gasteiger partial charge in [-0.1, -0.05) is 29.8 Å². The van der Waals surface area contributed by atoms with Crippen molar-refractivity contribution in [3.8, 4) is 5.75 Å². The van der Waals surface area contributed by atoms with Gasteiger partial charge in [-0.3, -0.25) is 9.59 Å². The number of aryl methyl sites for hydroxylation is 1. The molecule has 2 amide bonds. The Kier molecular flexibility index (Phi) is 7.84. The normalized spacial score (nSPS) is 16.5. The third-order valence-electron chi connectivity index (χ3n) is 5.07. The number of methoxy groups -OCH3 is 1. The van der Waals surface area contributed by atoms with Gasteiger partial charge in [-0.2, -0.15) is 4.31 Å². The van der Waals surface area contributed by atoms with E-state index in [0.717, 1.165) is 16.9 Å². The summed E-state index contributed by atoms with van der Waals surface area (Å²) in [4.78, 5) is 24.3. The van der Waals surface area contributed by atoms with Crippen molar-refractivity contribution in [3.63, 3.8) is 0 Å². The van der Waals surface area contributed by atoms with Crippen molar-refractivity contribution in [3.05, 3.63) is 59.7 Å². The lowest BCUT2D eigenvalue weighted by molar-refractivity contribution is -0.139. The van der Waals surface area contributed by atoms with Crippen LogP contribution in [0.4, 0.5) is 0 Å². The summed E-state index contributed by atoms with van der Waals surface area (Å²) in [5, 5.41) is 5.00. The van der Waals surface area contributed by atoms with Gasteiger partial charge >= 0.3 is 11.8 Å². The Morgan fingerprint density at radius 3 is 2.38 bits per heavy atom. The Morgan fingerprint density at radius 2 is 1.72 bits per heavy atom. The second-order valence-electron chi connectivity index (χ2n) is 7.32. The van der Waals surface area contributed by atoms with Crippen molar-refractivity contribution < 1.29 is 27.5 Å². The number of nitrogens with one attached hydrogen (secondary N) is 2. The van der Waals surface area contributed by atoms with Crippen LogP contribution in [-0.2, 0) is 30.8 Å². The lowest BCUT2D eigenvalue weighted by atomic mass is 10.1. The van der Waals surface area contributed by atoms with E-state index in [1.165, 1.54) is 16.4 Å². The molecule has 0 spiro atoms. The molecular formula is C22H27N3O6S. The molecule has 32 heavy (non-hydrogen) atoms. The standard InChI is InChI=1S/C22H27N3O6S/c1-16-3-9-19(10-4-16)32(28,29)25-13-14-31-20(25)15-24-22(27)21(26)23-12-11-17-5-7-18(30-2)8-6-17/h3-10,20H,11-15H2,1-2H3,(H,23,26)(H,24,27)/t20-/m0/s1. The average Bonchev–Trinajstić information content (AvgIpc) is 3.28. The van der Waals surface area contributed by atoms with Crippen molar-refractivity contribution in [2.45, 2.75) is 24.5 Å². The molecule has 9 nitrogen and oxygen atoms in total. The summed E-state index contributed by atoms with van der Waals surface area (Å²) in [5.41, 5.74) is 1.94. The number of ether oxygens (including phenoxy) is 2. The van der Waals surface area contributed by atoms with Crippen LogP contribution in [0.25, 0.3) is 0 Å². The fourth-order valence-electron chi connectivity index (χ4n) is 3.24. The molecular weight excluding hydrogens is 434 g/mol. The highest BCUT2D eigenvalue weighted by atomic mass is 32.2. The van der Waals surface area contributed by atoms with Crippen LogP contribution in [0.1, 0.15) is 11.1 Å². The summed E-state index contributed by atoms with van der Waals surface area (Å²) < 4.78 is 37.6. The third kappa shape index (κ3) is 5.84. The maximum Gasteiger partial charge on any atom is 0.309 e. The van der Waals surface area contributed by atoms with E-state index in [9.17, 15) is 18.0 Å². The molecule has 0 aromatic heterocycles. The maximum atomic E-state index is 12.9. The molecule has 2 aromatic carbocycles. The minimum absolute atomic E-state index is 0.129. The van der Waals surface area contributed by atoms with E-state index < -0.39 is 28.1 Å². The van der Waals surface area contributed by atoms with Gasteiger partial charge in [0.05, 0.1) is 25.2 Å². The first-order valence-electron chi connectivity index (χ1n) is 10.2. The van der Waals surface area contributed by atoms with Crippen LogP contribution in [0, 0.1) is 6.92 Å². The highest BCUT2D eigenvalue weighted by Gasteiger charge is 2.36. The Hall–Kier alpha value is -2.95. The van der Waals surface area contributed by atoms with Crippen LogP contribution < -0.4 is 15.4 Å². The quantitative estimate of drug-likeness (QED) is 0.563. The number of hydrogen-bond donors (Lipinski definition) is 2. The number of hydrogen-bond acceptors (Lipinski definition) is 6. The highest BCUT2D eigenvalue weighted by molar-refractivity contribution is 7.89. The molecule has 0 radical (unpaired) electrons. The second kappa shape index (κ2) is 10.6. The molecule has 1 aliphatic heterocycles. The van der Waals surface area contributed by atoms with Gasteiger partial charge in [0.1, 0.15) is 12.0 Å². The zero-order valence-electron chi connectivity index (χ0n) is 18.0. The summed E-state index contributed by atoms with van der Waals surface area (Å²) >= 11 is 0. The number of sulfonamides is 1. The van der Waals surface area contributed by atoms with Crippen molar-refractivity contribution in [2.75, 3.05) is 33.4 Å². The first kappa shape index (κ1) is 23.7. The van der Waals surface area contributed by atoms with Crippen LogP contribution in [0.5, 0.6) is 5.75 Å². The van der Waals surface area contributed by atoms with Gasteiger partial charge in [0.15, 0.2) is 0 Å². The molecule has 172 valence electrons. The molecule has 1 fully saturated rings. The number of carbonyl (C=O) groups is 2. The van der Waals surface area contributed by atoms with Crippen LogP contribution in [0.3, 0.4) is 0 Å². The van der Waals surface area contributed by atoms with Crippen molar-refractivity contribution in [2.24, 2.45) is 0 Å². The number of rotatable bonds is 8. The number of amides is 2. The summed E-state index contributed by atoms with van der Waals surface area (Å²) in [6, 6.07) is 13.9. The van der Waals surface area contributed by atoms with E-state index in [1.54, 1.807) is 19.2 Å². The monoisotopic (exact) mass is 461 g/mol. The maximum absolute atomic E-state index is 12.9. The minimum atomic E-state index is -3.78. The number of benzene rings is 2. The molecule has 2 N–H and O–H groups in total. The minimum Gasteiger partial charge on any atom is -0.497 e. The van der Waals surface area contributed by atoms with E-state index >= 15 is 0 Å². The Morgan fingerprint density at radius 1 is 1.06 bits per heavy atom. The average molecular weight is 462 g/mol. The SMILES string of the molecule is COc1ccc(CCNC(=O)C(=O)NC[C@@H]2OCCN2S(=O)(=O)c2ccc(C)cc2)cc1.